The molecule has 0 saturated heterocycles. The summed E-state index contributed by atoms with van der Waals surface area (Å²) in [4.78, 5) is 0. The molecule has 0 unspecified atom stereocenters. The van der Waals surface area contributed by atoms with Crippen LogP contribution in [0.25, 0.3) is 0 Å². The summed E-state index contributed by atoms with van der Waals surface area (Å²) in [5.41, 5.74) is 0.965. The van der Waals surface area contributed by atoms with Crippen molar-refractivity contribution in [2.75, 3.05) is 6.54 Å². The van der Waals surface area contributed by atoms with E-state index in [9.17, 15) is 13.5 Å². The second-order valence-corrected chi connectivity index (χ2v) is 7.31. The maximum Gasteiger partial charge on any atom is 0.215 e. The van der Waals surface area contributed by atoms with Gasteiger partial charge in [-0.15, -0.1) is 0 Å². The standard InChI is InChI=1S/C14H21NO3S/c1-12-5-4-6-13(9-12)10-19(17,18)15-11-14(16)7-2-3-8-14/h4-6,9,15-16H,2-3,7-8,10-11H2,1H3. The van der Waals surface area contributed by atoms with Crippen LogP contribution < -0.4 is 4.72 Å². The minimum atomic E-state index is -3.39. The van der Waals surface area contributed by atoms with E-state index in [1.165, 1.54) is 0 Å². The topological polar surface area (TPSA) is 66.4 Å². The van der Waals surface area contributed by atoms with Gasteiger partial charge in [-0.05, 0) is 25.3 Å². The fourth-order valence-electron chi connectivity index (χ4n) is 2.53. The van der Waals surface area contributed by atoms with Gasteiger partial charge in [0, 0.05) is 6.54 Å². The predicted octanol–water partition coefficient (Wildman–Crippen LogP) is 1.72. The third-order valence-electron chi connectivity index (χ3n) is 3.59. The zero-order valence-corrected chi connectivity index (χ0v) is 12.0. The van der Waals surface area contributed by atoms with Crippen molar-refractivity contribution in [3.8, 4) is 0 Å². The van der Waals surface area contributed by atoms with Gasteiger partial charge in [-0.2, -0.15) is 0 Å². The van der Waals surface area contributed by atoms with Gasteiger partial charge in [0.25, 0.3) is 0 Å². The van der Waals surface area contributed by atoms with Gasteiger partial charge in [-0.1, -0.05) is 42.7 Å². The predicted molar refractivity (Wildman–Crippen MR) is 75.2 cm³/mol. The molecule has 5 heteroatoms. The lowest BCUT2D eigenvalue weighted by molar-refractivity contribution is 0.0531. The van der Waals surface area contributed by atoms with Crippen LogP contribution in [-0.4, -0.2) is 25.7 Å². The first-order valence-corrected chi connectivity index (χ1v) is 8.29. The van der Waals surface area contributed by atoms with Crippen LogP contribution in [0.1, 0.15) is 36.8 Å². The monoisotopic (exact) mass is 283 g/mol. The summed E-state index contributed by atoms with van der Waals surface area (Å²) in [6.45, 7) is 2.06. The van der Waals surface area contributed by atoms with Crippen LogP contribution in [0.5, 0.6) is 0 Å². The fraction of sp³-hybridized carbons (Fsp3) is 0.571. The van der Waals surface area contributed by atoms with Gasteiger partial charge >= 0.3 is 0 Å². The molecule has 19 heavy (non-hydrogen) atoms. The molecule has 0 bridgehead atoms. The highest BCUT2D eigenvalue weighted by Gasteiger charge is 2.32. The summed E-state index contributed by atoms with van der Waals surface area (Å²) >= 11 is 0. The molecular weight excluding hydrogens is 262 g/mol. The first kappa shape index (κ1) is 14.5. The Morgan fingerprint density at radius 2 is 2.00 bits per heavy atom. The third-order valence-corrected chi connectivity index (χ3v) is 4.89. The molecule has 0 spiro atoms. The van der Waals surface area contributed by atoms with E-state index in [2.05, 4.69) is 4.72 Å². The molecule has 0 aromatic heterocycles. The molecule has 1 aliphatic rings. The van der Waals surface area contributed by atoms with E-state index in [0.29, 0.717) is 12.8 Å². The molecule has 0 atom stereocenters. The smallest absolute Gasteiger partial charge is 0.215 e. The zero-order chi connectivity index (χ0) is 13.9. The van der Waals surface area contributed by atoms with Gasteiger partial charge in [-0.25, -0.2) is 13.1 Å². The van der Waals surface area contributed by atoms with Crippen LogP contribution in [0.4, 0.5) is 0 Å². The lowest BCUT2D eigenvalue weighted by Crippen LogP contribution is -2.41. The van der Waals surface area contributed by atoms with E-state index in [1.54, 1.807) is 6.07 Å². The minimum Gasteiger partial charge on any atom is -0.389 e. The Morgan fingerprint density at radius 1 is 1.32 bits per heavy atom. The van der Waals surface area contributed by atoms with Crippen molar-refractivity contribution >= 4 is 10.0 Å². The molecular formula is C14H21NO3S. The molecule has 0 heterocycles. The van der Waals surface area contributed by atoms with Crippen LogP contribution in [-0.2, 0) is 15.8 Å². The van der Waals surface area contributed by atoms with E-state index in [0.717, 1.165) is 24.0 Å². The summed E-state index contributed by atoms with van der Waals surface area (Å²) in [6.07, 6.45) is 3.30. The Morgan fingerprint density at radius 3 is 2.63 bits per heavy atom. The Bertz CT molecular complexity index is 533. The number of hydrogen-bond donors (Lipinski definition) is 2. The molecule has 1 fully saturated rings. The maximum absolute atomic E-state index is 12.0. The Labute approximate surface area is 114 Å². The highest BCUT2D eigenvalue weighted by Crippen LogP contribution is 2.28. The first-order valence-electron chi connectivity index (χ1n) is 6.64. The van der Waals surface area contributed by atoms with Crippen LogP contribution in [0.15, 0.2) is 24.3 Å². The van der Waals surface area contributed by atoms with Crippen molar-refractivity contribution in [3.63, 3.8) is 0 Å². The van der Waals surface area contributed by atoms with E-state index in [1.807, 2.05) is 25.1 Å². The number of aryl methyl sites for hydroxylation is 1. The first-order chi connectivity index (χ1) is 8.89. The van der Waals surface area contributed by atoms with E-state index >= 15 is 0 Å². The molecule has 0 aliphatic heterocycles. The summed E-state index contributed by atoms with van der Waals surface area (Å²) in [5.74, 6) is -0.0369. The molecule has 1 aromatic rings. The van der Waals surface area contributed by atoms with Crippen molar-refractivity contribution in [2.45, 2.75) is 44.0 Å². The zero-order valence-electron chi connectivity index (χ0n) is 11.2. The van der Waals surface area contributed by atoms with Crippen LogP contribution in [0, 0.1) is 6.92 Å². The van der Waals surface area contributed by atoms with E-state index in [-0.39, 0.29) is 12.3 Å². The quantitative estimate of drug-likeness (QED) is 0.864. The van der Waals surface area contributed by atoms with Gasteiger partial charge < -0.3 is 5.11 Å². The summed E-state index contributed by atoms with van der Waals surface area (Å²) in [7, 11) is -3.39. The highest BCUT2D eigenvalue weighted by molar-refractivity contribution is 7.88. The normalized spacial score (nSPS) is 18.6. The van der Waals surface area contributed by atoms with Crippen LogP contribution in [0.3, 0.4) is 0 Å². The lowest BCUT2D eigenvalue weighted by atomic mass is 10.0. The molecule has 106 valence electrons. The van der Waals surface area contributed by atoms with Crippen molar-refractivity contribution in [1.82, 2.24) is 4.72 Å². The summed E-state index contributed by atoms with van der Waals surface area (Å²) in [6, 6.07) is 7.45. The fourth-order valence-corrected chi connectivity index (χ4v) is 3.74. The molecule has 1 aromatic carbocycles. The van der Waals surface area contributed by atoms with E-state index in [4.69, 9.17) is 0 Å². The number of nitrogens with one attached hydrogen (secondary N) is 1. The van der Waals surface area contributed by atoms with Gasteiger partial charge in [0.1, 0.15) is 0 Å². The second-order valence-electron chi connectivity index (χ2n) is 5.50. The largest absolute Gasteiger partial charge is 0.389 e. The van der Waals surface area contributed by atoms with Gasteiger partial charge in [0.05, 0.1) is 11.4 Å². The molecule has 4 nitrogen and oxygen atoms in total. The minimum absolute atomic E-state index is 0.0369. The molecule has 2 N–H and O–H groups in total. The van der Waals surface area contributed by atoms with Crippen molar-refractivity contribution in [2.24, 2.45) is 0 Å². The van der Waals surface area contributed by atoms with E-state index < -0.39 is 15.6 Å². The molecule has 0 radical (unpaired) electrons. The second kappa shape index (κ2) is 5.61. The van der Waals surface area contributed by atoms with Gasteiger partial charge in [0.15, 0.2) is 0 Å². The Balaban J connectivity index is 1.95. The maximum atomic E-state index is 12.0. The number of hydrogen-bond acceptors (Lipinski definition) is 3. The average molecular weight is 283 g/mol. The number of aliphatic hydroxyl groups is 1. The number of benzene rings is 1. The molecule has 1 aliphatic carbocycles. The molecule has 0 amide bonds. The van der Waals surface area contributed by atoms with Gasteiger partial charge in [-0.3, -0.25) is 0 Å². The molecule has 1 saturated carbocycles. The Hall–Kier alpha value is -0.910. The average Bonchev–Trinajstić information content (AvgIpc) is 2.74. The third kappa shape index (κ3) is 4.30. The Kier molecular flexibility index (Phi) is 4.28. The highest BCUT2D eigenvalue weighted by atomic mass is 32.2. The summed E-state index contributed by atoms with van der Waals surface area (Å²) in [5, 5.41) is 10.1. The van der Waals surface area contributed by atoms with Crippen molar-refractivity contribution in [3.05, 3.63) is 35.4 Å². The lowest BCUT2D eigenvalue weighted by Gasteiger charge is -2.22. The van der Waals surface area contributed by atoms with Crippen LogP contribution in [0.2, 0.25) is 0 Å². The summed E-state index contributed by atoms with van der Waals surface area (Å²) < 4.78 is 26.5. The van der Waals surface area contributed by atoms with Crippen molar-refractivity contribution < 1.29 is 13.5 Å². The number of sulfonamides is 1. The van der Waals surface area contributed by atoms with Crippen molar-refractivity contribution in [1.29, 1.82) is 0 Å². The van der Waals surface area contributed by atoms with Gasteiger partial charge in [0.2, 0.25) is 10.0 Å². The van der Waals surface area contributed by atoms with Crippen LogP contribution >= 0.6 is 0 Å². The number of rotatable bonds is 5. The molecule has 2 rings (SSSR count). The SMILES string of the molecule is Cc1cccc(CS(=O)(=O)NCC2(O)CCCC2)c1.